The van der Waals surface area contributed by atoms with Crippen molar-refractivity contribution in [1.82, 2.24) is 0 Å². The van der Waals surface area contributed by atoms with Crippen LogP contribution in [-0.4, -0.2) is 42.8 Å². The first kappa shape index (κ1) is 17.6. The number of ether oxygens (including phenoxy) is 2. The van der Waals surface area contributed by atoms with E-state index in [0.717, 1.165) is 25.7 Å². The Hall–Kier alpha value is -0.810. The minimum Gasteiger partial charge on any atom is -0.434 e. The first-order valence-electron chi connectivity index (χ1n) is 5.74. The maximum atomic E-state index is 10.7. The highest BCUT2D eigenvalue weighted by atomic mass is 16.7. The van der Waals surface area contributed by atoms with Crippen molar-refractivity contribution >= 4 is 6.16 Å². The van der Waals surface area contributed by atoms with E-state index in [4.69, 9.17) is 19.7 Å². The van der Waals surface area contributed by atoms with Gasteiger partial charge in [-0.15, -0.1) is 0 Å². The molecule has 0 fully saturated rings. The molecule has 5 nitrogen and oxygen atoms in total. The first-order valence-corrected chi connectivity index (χ1v) is 5.74. The summed E-state index contributed by atoms with van der Waals surface area (Å²) < 4.78 is 9.54. The summed E-state index contributed by atoms with van der Waals surface area (Å²) >= 11 is 0. The lowest BCUT2D eigenvalue weighted by atomic mass is 10.4. The summed E-state index contributed by atoms with van der Waals surface area (Å²) in [5.74, 6) is 0. The third-order valence-electron chi connectivity index (χ3n) is 1.54. The summed E-state index contributed by atoms with van der Waals surface area (Å²) in [6.45, 7) is 4.79. The molecule has 0 heterocycles. The standard InChI is InChI=1S/C9H18O3.C2H6O2/c1-3-5-7-11-9(10)12-8-6-4-2;3-1-2-4/h3-8H2,1-2H3;3-4H,1-2H2. The molecule has 0 rings (SSSR count). The Kier molecular flexibility index (Phi) is 18.3. The highest BCUT2D eigenvalue weighted by molar-refractivity contribution is 5.59. The second-order valence-corrected chi connectivity index (χ2v) is 3.10. The molecule has 0 aliphatic rings. The molecule has 2 N–H and O–H groups in total. The molecule has 5 heteroatoms. The van der Waals surface area contributed by atoms with Gasteiger partial charge in [0.15, 0.2) is 0 Å². The number of aliphatic hydroxyl groups is 2. The van der Waals surface area contributed by atoms with E-state index in [1.54, 1.807) is 0 Å². The molecular formula is C11H24O5. The van der Waals surface area contributed by atoms with E-state index < -0.39 is 6.16 Å². The van der Waals surface area contributed by atoms with Crippen molar-refractivity contribution in [1.29, 1.82) is 0 Å². The van der Waals surface area contributed by atoms with E-state index in [9.17, 15) is 4.79 Å². The van der Waals surface area contributed by atoms with Crippen LogP contribution in [-0.2, 0) is 9.47 Å². The van der Waals surface area contributed by atoms with Gasteiger partial charge in [-0.25, -0.2) is 4.79 Å². The third-order valence-corrected chi connectivity index (χ3v) is 1.54. The largest absolute Gasteiger partial charge is 0.508 e. The molecule has 0 aromatic rings. The number of carbonyl (C=O) groups is 1. The summed E-state index contributed by atoms with van der Waals surface area (Å²) in [6.07, 6.45) is 3.34. The van der Waals surface area contributed by atoms with Crippen LogP contribution in [0.5, 0.6) is 0 Å². The van der Waals surface area contributed by atoms with Gasteiger partial charge in [-0.1, -0.05) is 26.7 Å². The Morgan fingerprint density at radius 2 is 1.31 bits per heavy atom. The third kappa shape index (κ3) is 18.9. The number of hydrogen-bond acceptors (Lipinski definition) is 5. The molecule has 0 bridgehead atoms. The van der Waals surface area contributed by atoms with Gasteiger partial charge in [-0.05, 0) is 12.8 Å². The molecule has 98 valence electrons. The fourth-order valence-corrected chi connectivity index (χ4v) is 0.641. The first-order chi connectivity index (χ1) is 7.72. The summed E-state index contributed by atoms with van der Waals surface area (Å²) in [7, 11) is 0. The smallest absolute Gasteiger partial charge is 0.434 e. The molecule has 0 amide bonds. The molecule has 0 saturated heterocycles. The van der Waals surface area contributed by atoms with Gasteiger partial charge >= 0.3 is 6.16 Å². The predicted molar refractivity (Wildman–Crippen MR) is 61.3 cm³/mol. The monoisotopic (exact) mass is 236 g/mol. The minimum atomic E-state index is -0.531. The molecule has 0 saturated carbocycles. The molecular weight excluding hydrogens is 212 g/mol. The van der Waals surface area contributed by atoms with Gasteiger partial charge in [0.1, 0.15) is 0 Å². The van der Waals surface area contributed by atoms with E-state index in [1.165, 1.54) is 0 Å². The van der Waals surface area contributed by atoms with Crippen LogP contribution in [0, 0.1) is 0 Å². The van der Waals surface area contributed by atoms with Crippen molar-refractivity contribution in [2.24, 2.45) is 0 Å². The Morgan fingerprint density at radius 1 is 0.938 bits per heavy atom. The van der Waals surface area contributed by atoms with Gasteiger partial charge in [0.2, 0.25) is 0 Å². The van der Waals surface area contributed by atoms with Crippen molar-refractivity contribution in [3.05, 3.63) is 0 Å². The van der Waals surface area contributed by atoms with Gasteiger partial charge in [-0.2, -0.15) is 0 Å². The van der Waals surface area contributed by atoms with Crippen LogP contribution in [0.4, 0.5) is 4.79 Å². The SMILES string of the molecule is CCCCOC(=O)OCCCC.OCCO. The second-order valence-electron chi connectivity index (χ2n) is 3.10. The summed E-state index contributed by atoms with van der Waals surface area (Å²) in [6, 6.07) is 0. The zero-order chi connectivity index (χ0) is 12.6. The average Bonchev–Trinajstić information content (AvgIpc) is 2.30. The van der Waals surface area contributed by atoms with E-state index in [0.29, 0.717) is 13.2 Å². The number of hydrogen-bond donors (Lipinski definition) is 2. The molecule has 0 spiro atoms. The highest BCUT2D eigenvalue weighted by Gasteiger charge is 2.00. The van der Waals surface area contributed by atoms with Gasteiger partial charge in [-0.3, -0.25) is 0 Å². The summed E-state index contributed by atoms with van der Waals surface area (Å²) in [4.78, 5) is 10.7. The van der Waals surface area contributed by atoms with Gasteiger partial charge < -0.3 is 19.7 Å². The number of carbonyl (C=O) groups excluding carboxylic acids is 1. The zero-order valence-corrected chi connectivity index (χ0v) is 10.3. The summed E-state index contributed by atoms with van der Waals surface area (Å²) in [5.41, 5.74) is 0. The highest BCUT2D eigenvalue weighted by Crippen LogP contribution is 1.93. The quantitative estimate of drug-likeness (QED) is 0.520. The van der Waals surface area contributed by atoms with Crippen molar-refractivity contribution in [3.63, 3.8) is 0 Å². The zero-order valence-electron chi connectivity index (χ0n) is 10.3. The van der Waals surface area contributed by atoms with Crippen LogP contribution >= 0.6 is 0 Å². The maximum absolute atomic E-state index is 10.7. The normalized spacial score (nSPS) is 9.00. The average molecular weight is 236 g/mol. The van der Waals surface area contributed by atoms with E-state index in [2.05, 4.69) is 0 Å². The van der Waals surface area contributed by atoms with Gasteiger partial charge in [0, 0.05) is 0 Å². The molecule has 0 aromatic heterocycles. The lowest BCUT2D eigenvalue weighted by molar-refractivity contribution is 0.0536. The van der Waals surface area contributed by atoms with E-state index in [-0.39, 0.29) is 13.2 Å². The fourth-order valence-electron chi connectivity index (χ4n) is 0.641. The van der Waals surface area contributed by atoms with Crippen LogP contribution in [0.15, 0.2) is 0 Å². The van der Waals surface area contributed by atoms with Gasteiger partial charge in [0.05, 0.1) is 26.4 Å². The Labute approximate surface area is 97.4 Å². The molecule has 0 atom stereocenters. The number of aliphatic hydroxyl groups excluding tert-OH is 2. The van der Waals surface area contributed by atoms with Crippen LogP contribution in [0.1, 0.15) is 39.5 Å². The maximum Gasteiger partial charge on any atom is 0.508 e. The van der Waals surface area contributed by atoms with Crippen LogP contribution in [0.3, 0.4) is 0 Å². The number of rotatable bonds is 7. The fraction of sp³-hybridized carbons (Fsp3) is 0.909. The Bertz CT molecular complexity index is 124. The molecule has 0 radical (unpaired) electrons. The lowest BCUT2D eigenvalue weighted by Gasteiger charge is -2.04. The van der Waals surface area contributed by atoms with Crippen molar-refractivity contribution in [2.75, 3.05) is 26.4 Å². The van der Waals surface area contributed by atoms with Crippen LogP contribution in [0.25, 0.3) is 0 Å². The van der Waals surface area contributed by atoms with E-state index in [1.807, 2.05) is 13.8 Å². The number of unbranched alkanes of at least 4 members (excludes halogenated alkanes) is 2. The molecule has 0 unspecified atom stereocenters. The summed E-state index contributed by atoms with van der Waals surface area (Å²) in [5, 5.41) is 15.2. The van der Waals surface area contributed by atoms with Gasteiger partial charge in [0.25, 0.3) is 0 Å². The predicted octanol–water partition coefficient (Wildman–Crippen LogP) is 1.71. The van der Waals surface area contributed by atoms with Crippen LogP contribution < -0.4 is 0 Å². The molecule has 0 aromatic carbocycles. The van der Waals surface area contributed by atoms with Crippen molar-refractivity contribution in [3.8, 4) is 0 Å². The lowest BCUT2D eigenvalue weighted by Crippen LogP contribution is -2.09. The van der Waals surface area contributed by atoms with Crippen molar-refractivity contribution in [2.45, 2.75) is 39.5 Å². The van der Waals surface area contributed by atoms with E-state index >= 15 is 0 Å². The topological polar surface area (TPSA) is 76.0 Å². The van der Waals surface area contributed by atoms with Crippen molar-refractivity contribution < 1.29 is 24.5 Å². The Balaban J connectivity index is 0. The molecule has 16 heavy (non-hydrogen) atoms. The molecule has 0 aliphatic carbocycles. The molecule has 0 aliphatic heterocycles. The van der Waals surface area contributed by atoms with Crippen LogP contribution in [0.2, 0.25) is 0 Å². The minimum absolute atomic E-state index is 0.125. The second kappa shape index (κ2) is 16.6. The Morgan fingerprint density at radius 3 is 1.56 bits per heavy atom.